The summed E-state index contributed by atoms with van der Waals surface area (Å²) in [4.78, 5) is 8.73. The molecule has 27 heavy (non-hydrogen) atoms. The topological polar surface area (TPSA) is 98.3 Å². The molecule has 0 bridgehead atoms. The fraction of sp³-hybridized carbons (Fsp3) is 0.353. The van der Waals surface area contributed by atoms with Crippen LogP contribution in [0.25, 0.3) is 11.0 Å². The van der Waals surface area contributed by atoms with E-state index in [1.54, 1.807) is 24.3 Å². The quantitative estimate of drug-likeness (QED) is 0.592. The van der Waals surface area contributed by atoms with Crippen molar-refractivity contribution in [2.45, 2.75) is 38.2 Å². The molecule has 0 saturated heterocycles. The molecule has 3 heterocycles. The van der Waals surface area contributed by atoms with Crippen LogP contribution in [-0.2, 0) is 12.8 Å². The first-order valence-electron chi connectivity index (χ1n) is 8.66. The van der Waals surface area contributed by atoms with Crippen molar-refractivity contribution in [3.8, 4) is 0 Å². The Morgan fingerprint density at radius 1 is 1.22 bits per heavy atom. The van der Waals surface area contributed by atoms with Crippen molar-refractivity contribution in [3.63, 3.8) is 0 Å². The van der Waals surface area contributed by atoms with Gasteiger partial charge in [-0.25, -0.2) is 4.98 Å². The molecule has 8 nitrogen and oxygen atoms in total. The molecule has 1 N–H and O–H groups in total. The maximum Gasteiger partial charge on any atom is 0.320 e. The standard InChI is InChI=1S/C17H15F2N7O/c18-17(19)26-12-7-2-1-5-10(12)20-14(26)8-13-21-16(27-24-13)9-4-3-6-11-15(9)23-25-22-11/h1-2,5,7,9,17H,3-4,6,8H2,(H,22,23,25). The summed E-state index contributed by atoms with van der Waals surface area (Å²) in [6, 6.07) is 6.79. The highest BCUT2D eigenvalue weighted by Gasteiger charge is 2.30. The fourth-order valence-corrected chi connectivity index (χ4v) is 3.63. The van der Waals surface area contributed by atoms with Gasteiger partial charge in [0, 0.05) is 0 Å². The van der Waals surface area contributed by atoms with Gasteiger partial charge >= 0.3 is 6.55 Å². The minimum atomic E-state index is -2.70. The van der Waals surface area contributed by atoms with Crippen molar-refractivity contribution in [2.24, 2.45) is 0 Å². The summed E-state index contributed by atoms with van der Waals surface area (Å²) in [5.41, 5.74) is 2.61. The third kappa shape index (κ3) is 2.68. The van der Waals surface area contributed by atoms with E-state index in [9.17, 15) is 8.78 Å². The lowest BCUT2D eigenvalue weighted by molar-refractivity contribution is 0.0718. The lowest BCUT2D eigenvalue weighted by Crippen LogP contribution is -2.11. The number of imidazole rings is 1. The van der Waals surface area contributed by atoms with E-state index in [1.807, 2.05) is 0 Å². The molecule has 10 heteroatoms. The summed E-state index contributed by atoms with van der Waals surface area (Å²) in [5.74, 6) is 0.823. The first-order valence-corrected chi connectivity index (χ1v) is 8.66. The molecule has 0 amide bonds. The summed E-state index contributed by atoms with van der Waals surface area (Å²) in [5, 5.41) is 14.9. The van der Waals surface area contributed by atoms with E-state index in [2.05, 4.69) is 30.5 Å². The Kier molecular flexibility index (Phi) is 3.69. The summed E-state index contributed by atoms with van der Waals surface area (Å²) in [6.45, 7) is -2.70. The molecule has 3 aromatic heterocycles. The molecule has 4 aromatic rings. The van der Waals surface area contributed by atoms with Gasteiger partial charge in [0.1, 0.15) is 5.82 Å². The molecule has 0 fully saturated rings. The first kappa shape index (κ1) is 16.0. The Morgan fingerprint density at radius 3 is 3.00 bits per heavy atom. The second-order valence-electron chi connectivity index (χ2n) is 6.49. The van der Waals surface area contributed by atoms with Crippen LogP contribution in [0, 0.1) is 0 Å². The zero-order chi connectivity index (χ0) is 18.4. The van der Waals surface area contributed by atoms with Crippen LogP contribution < -0.4 is 0 Å². The molecule has 5 rings (SSSR count). The predicted molar refractivity (Wildman–Crippen MR) is 89.3 cm³/mol. The molecule has 0 spiro atoms. The highest BCUT2D eigenvalue weighted by atomic mass is 19.3. The van der Waals surface area contributed by atoms with E-state index in [-0.39, 0.29) is 18.2 Å². The minimum absolute atomic E-state index is 0.0565. The Labute approximate surface area is 151 Å². The zero-order valence-electron chi connectivity index (χ0n) is 14.1. The number of H-pyrrole nitrogens is 1. The van der Waals surface area contributed by atoms with Gasteiger partial charge in [-0.1, -0.05) is 17.3 Å². The van der Waals surface area contributed by atoms with Crippen molar-refractivity contribution in [2.75, 3.05) is 0 Å². The number of aromatic amines is 1. The van der Waals surface area contributed by atoms with Crippen LogP contribution in [0.15, 0.2) is 28.8 Å². The molecular formula is C17H15F2N7O. The molecule has 138 valence electrons. The van der Waals surface area contributed by atoms with Gasteiger partial charge in [0.15, 0.2) is 5.82 Å². The van der Waals surface area contributed by atoms with E-state index in [4.69, 9.17) is 4.52 Å². The average Bonchev–Trinajstić information content (AvgIpc) is 3.39. The number of alkyl halides is 2. The van der Waals surface area contributed by atoms with E-state index >= 15 is 0 Å². The third-order valence-corrected chi connectivity index (χ3v) is 4.85. The van der Waals surface area contributed by atoms with Crippen molar-refractivity contribution >= 4 is 11.0 Å². The molecule has 0 aliphatic heterocycles. The van der Waals surface area contributed by atoms with Gasteiger partial charge in [-0.05, 0) is 31.4 Å². The monoisotopic (exact) mass is 371 g/mol. The molecule has 1 unspecified atom stereocenters. The zero-order valence-corrected chi connectivity index (χ0v) is 14.1. The number of hydrogen-bond donors (Lipinski definition) is 1. The fourth-order valence-electron chi connectivity index (χ4n) is 3.63. The molecule has 0 radical (unpaired) electrons. The Balaban J connectivity index is 1.47. The number of nitrogens with one attached hydrogen (secondary N) is 1. The molecular weight excluding hydrogens is 356 g/mol. The van der Waals surface area contributed by atoms with Crippen LogP contribution in [0.4, 0.5) is 8.78 Å². The highest BCUT2D eigenvalue weighted by molar-refractivity contribution is 5.76. The van der Waals surface area contributed by atoms with Crippen molar-refractivity contribution in [1.29, 1.82) is 0 Å². The van der Waals surface area contributed by atoms with Gasteiger partial charge in [-0.15, -0.1) is 0 Å². The molecule has 0 saturated carbocycles. The molecule has 1 atom stereocenters. The molecule has 1 aromatic carbocycles. The summed E-state index contributed by atoms with van der Waals surface area (Å²) >= 11 is 0. The lowest BCUT2D eigenvalue weighted by Gasteiger charge is -2.15. The largest absolute Gasteiger partial charge is 0.339 e. The second-order valence-corrected chi connectivity index (χ2v) is 6.49. The number of nitrogens with zero attached hydrogens (tertiary/aromatic N) is 6. The van der Waals surface area contributed by atoms with Crippen LogP contribution in [-0.4, -0.2) is 35.1 Å². The normalized spacial score (nSPS) is 16.9. The van der Waals surface area contributed by atoms with E-state index in [0.717, 1.165) is 35.2 Å². The van der Waals surface area contributed by atoms with Gasteiger partial charge in [0.05, 0.1) is 34.8 Å². The number of aromatic nitrogens is 7. The number of rotatable bonds is 4. The van der Waals surface area contributed by atoms with Gasteiger partial charge < -0.3 is 4.52 Å². The summed E-state index contributed by atoms with van der Waals surface area (Å²) in [6.07, 6.45) is 2.70. The van der Waals surface area contributed by atoms with Gasteiger partial charge in [-0.2, -0.15) is 29.2 Å². The Morgan fingerprint density at radius 2 is 2.11 bits per heavy atom. The van der Waals surface area contributed by atoms with Crippen LogP contribution >= 0.6 is 0 Å². The number of fused-ring (bicyclic) bond motifs is 2. The van der Waals surface area contributed by atoms with Crippen molar-refractivity contribution in [3.05, 3.63) is 53.2 Å². The first-order chi connectivity index (χ1) is 13.2. The van der Waals surface area contributed by atoms with Gasteiger partial charge in [0.25, 0.3) is 0 Å². The van der Waals surface area contributed by atoms with E-state index in [1.165, 1.54) is 0 Å². The number of halogens is 2. The number of para-hydroxylation sites is 2. The van der Waals surface area contributed by atoms with Crippen molar-refractivity contribution < 1.29 is 13.3 Å². The van der Waals surface area contributed by atoms with Crippen LogP contribution in [0.1, 0.15) is 54.2 Å². The molecule has 1 aliphatic rings. The van der Waals surface area contributed by atoms with Gasteiger partial charge in [-0.3, -0.25) is 4.57 Å². The maximum atomic E-state index is 13.6. The summed E-state index contributed by atoms with van der Waals surface area (Å²) < 4.78 is 33.4. The number of aryl methyl sites for hydroxylation is 1. The predicted octanol–water partition coefficient (Wildman–Crippen LogP) is 2.99. The second kappa shape index (κ2) is 6.22. The van der Waals surface area contributed by atoms with Crippen LogP contribution in [0.2, 0.25) is 0 Å². The molecule has 1 aliphatic carbocycles. The van der Waals surface area contributed by atoms with Crippen molar-refractivity contribution in [1.82, 2.24) is 35.1 Å². The Hall–Kier alpha value is -3.17. The average molecular weight is 371 g/mol. The third-order valence-electron chi connectivity index (χ3n) is 4.85. The number of benzene rings is 1. The highest BCUT2D eigenvalue weighted by Crippen LogP contribution is 2.33. The maximum absolute atomic E-state index is 13.6. The SMILES string of the molecule is FC(F)n1c(Cc2noc(C3CCCc4n[nH]nc43)n2)nc2ccccc21. The Bertz CT molecular complexity index is 1100. The summed E-state index contributed by atoms with van der Waals surface area (Å²) in [7, 11) is 0. The van der Waals surface area contributed by atoms with Crippen LogP contribution in [0.5, 0.6) is 0 Å². The minimum Gasteiger partial charge on any atom is -0.339 e. The van der Waals surface area contributed by atoms with E-state index < -0.39 is 6.55 Å². The smallest absolute Gasteiger partial charge is 0.320 e. The van der Waals surface area contributed by atoms with Crippen LogP contribution in [0.3, 0.4) is 0 Å². The lowest BCUT2D eigenvalue weighted by atomic mass is 9.90. The van der Waals surface area contributed by atoms with E-state index in [0.29, 0.717) is 22.7 Å². The number of hydrogen-bond acceptors (Lipinski definition) is 6. The van der Waals surface area contributed by atoms with Gasteiger partial charge in [0.2, 0.25) is 5.89 Å².